The van der Waals surface area contributed by atoms with Gasteiger partial charge in [0.1, 0.15) is 0 Å². The van der Waals surface area contributed by atoms with E-state index in [9.17, 15) is 9.59 Å². The second-order valence-corrected chi connectivity index (χ2v) is 6.38. The molecule has 1 aliphatic carbocycles. The van der Waals surface area contributed by atoms with Crippen molar-refractivity contribution in [1.82, 2.24) is 5.32 Å². The summed E-state index contributed by atoms with van der Waals surface area (Å²) in [7, 11) is 0. The summed E-state index contributed by atoms with van der Waals surface area (Å²) in [5.74, 6) is 0.459. The molecule has 0 heterocycles. The van der Waals surface area contributed by atoms with E-state index in [0.717, 1.165) is 31.6 Å². The largest absolute Gasteiger partial charge is 0.396 e. The number of aliphatic hydroxyl groups is 1. The summed E-state index contributed by atoms with van der Waals surface area (Å²) < 4.78 is 0. The van der Waals surface area contributed by atoms with Crippen LogP contribution < -0.4 is 10.6 Å². The molecule has 1 aromatic carbocycles. The van der Waals surface area contributed by atoms with E-state index >= 15 is 0 Å². The summed E-state index contributed by atoms with van der Waals surface area (Å²) in [6, 6.07) is 6.80. The van der Waals surface area contributed by atoms with Crippen molar-refractivity contribution in [2.24, 2.45) is 5.92 Å². The predicted octanol–water partition coefficient (Wildman–Crippen LogP) is 2.87. The van der Waals surface area contributed by atoms with Gasteiger partial charge in [-0.1, -0.05) is 12.5 Å². The Hall–Kier alpha value is -2.14. The molecular formula is C19H26N2O3. The first-order valence-electron chi connectivity index (χ1n) is 8.58. The van der Waals surface area contributed by atoms with E-state index in [4.69, 9.17) is 5.11 Å². The molecule has 1 aliphatic rings. The number of carbonyl (C=O) groups is 2. The van der Waals surface area contributed by atoms with Crippen LogP contribution in [0.4, 0.5) is 5.69 Å². The number of nitrogens with one attached hydrogen (secondary N) is 2. The number of rotatable bonds is 6. The van der Waals surface area contributed by atoms with Gasteiger partial charge in [-0.3, -0.25) is 9.59 Å². The van der Waals surface area contributed by atoms with Gasteiger partial charge in [0.25, 0.3) is 5.91 Å². The summed E-state index contributed by atoms with van der Waals surface area (Å²) >= 11 is 0. The lowest BCUT2D eigenvalue weighted by Crippen LogP contribution is -2.24. The Labute approximate surface area is 143 Å². The number of hydrogen-bond acceptors (Lipinski definition) is 3. The molecule has 0 aliphatic heterocycles. The number of anilines is 1. The van der Waals surface area contributed by atoms with Crippen LogP contribution in [0.3, 0.4) is 0 Å². The maximum absolute atomic E-state index is 12.1. The summed E-state index contributed by atoms with van der Waals surface area (Å²) in [6.45, 7) is 2.75. The van der Waals surface area contributed by atoms with Gasteiger partial charge in [-0.25, -0.2) is 0 Å². The maximum atomic E-state index is 12.1. The van der Waals surface area contributed by atoms with E-state index in [1.165, 1.54) is 5.57 Å². The van der Waals surface area contributed by atoms with Gasteiger partial charge in [0, 0.05) is 30.5 Å². The van der Waals surface area contributed by atoms with Crippen LogP contribution in [0.1, 0.15) is 49.4 Å². The zero-order valence-electron chi connectivity index (χ0n) is 14.2. The third kappa shape index (κ3) is 5.81. The van der Waals surface area contributed by atoms with E-state index in [1.807, 2.05) is 0 Å². The van der Waals surface area contributed by atoms with Crippen LogP contribution in [-0.4, -0.2) is 30.1 Å². The Kier molecular flexibility index (Phi) is 7.00. The van der Waals surface area contributed by atoms with Gasteiger partial charge in [0.2, 0.25) is 5.91 Å². The fourth-order valence-electron chi connectivity index (χ4n) is 2.73. The minimum atomic E-state index is -0.181. The van der Waals surface area contributed by atoms with Gasteiger partial charge in [0.05, 0.1) is 0 Å². The highest BCUT2D eigenvalue weighted by molar-refractivity contribution is 6.00. The van der Waals surface area contributed by atoms with Crippen molar-refractivity contribution in [3.05, 3.63) is 41.5 Å². The highest BCUT2D eigenvalue weighted by Crippen LogP contribution is 2.27. The molecule has 1 aromatic rings. The summed E-state index contributed by atoms with van der Waals surface area (Å²) in [5.41, 5.74) is 2.42. The quantitative estimate of drug-likeness (QED) is 0.554. The lowest BCUT2D eigenvalue weighted by atomic mass is 9.87. The van der Waals surface area contributed by atoms with Crippen molar-refractivity contribution in [2.45, 2.75) is 39.0 Å². The Morgan fingerprint density at radius 2 is 1.88 bits per heavy atom. The monoisotopic (exact) mass is 330 g/mol. The van der Waals surface area contributed by atoms with Gasteiger partial charge < -0.3 is 15.7 Å². The highest BCUT2D eigenvalue weighted by Gasteiger charge is 2.13. The van der Waals surface area contributed by atoms with E-state index in [-0.39, 0.29) is 18.4 Å². The lowest BCUT2D eigenvalue weighted by Gasteiger charge is -2.19. The Morgan fingerprint density at radius 3 is 2.50 bits per heavy atom. The first-order valence-corrected chi connectivity index (χ1v) is 8.58. The Balaban J connectivity index is 1.85. The van der Waals surface area contributed by atoms with Crippen LogP contribution in [0.5, 0.6) is 0 Å². The minimum absolute atomic E-state index is 0.0552. The normalized spacial score (nSPS) is 17.2. The zero-order valence-corrected chi connectivity index (χ0v) is 14.2. The number of carbonyl (C=O) groups excluding carboxylic acids is 2. The first kappa shape index (κ1) is 18.2. The molecular weight excluding hydrogens is 304 g/mol. The van der Waals surface area contributed by atoms with Crippen molar-refractivity contribution in [3.63, 3.8) is 0 Å². The number of amides is 2. The van der Waals surface area contributed by atoms with Crippen molar-refractivity contribution in [1.29, 1.82) is 0 Å². The molecule has 5 nitrogen and oxygen atoms in total. The highest BCUT2D eigenvalue weighted by atomic mass is 16.3. The van der Waals surface area contributed by atoms with E-state index in [2.05, 4.69) is 17.6 Å². The average molecular weight is 330 g/mol. The van der Waals surface area contributed by atoms with Crippen LogP contribution in [0.15, 0.2) is 35.9 Å². The second kappa shape index (κ2) is 9.23. The van der Waals surface area contributed by atoms with Crippen LogP contribution in [0.2, 0.25) is 0 Å². The molecule has 3 N–H and O–H groups in total. The van der Waals surface area contributed by atoms with Gasteiger partial charge in [-0.2, -0.15) is 0 Å². The Morgan fingerprint density at radius 1 is 1.21 bits per heavy atom. The number of aliphatic hydroxyl groups excluding tert-OH is 1. The molecule has 1 saturated carbocycles. The smallest absolute Gasteiger partial charge is 0.251 e. The van der Waals surface area contributed by atoms with Crippen molar-refractivity contribution < 1.29 is 14.7 Å². The molecule has 2 rings (SSSR count). The Bertz CT molecular complexity index is 583. The van der Waals surface area contributed by atoms with E-state index in [0.29, 0.717) is 24.2 Å². The van der Waals surface area contributed by atoms with Gasteiger partial charge in [-0.05, 0) is 62.3 Å². The van der Waals surface area contributed by atoms with Crippen molar-refractivity contribution in [2.75, 3.05) is 18.5 Å². The maximum Gasteiger partial charge on any atom is 0.251 e. The van der Waals surface area contributed by atoms with E-state index < -0.39 is 0 Å². The fourth-order valence-corrected chi connectivity index (χ4v) is 2.73. The molecule has 24 heavy (non-hydrogen) atoms. The predicted molar refractivity (Wildman–Crippen MR) is 94.8 cm³/mol. The molecule has 2 amide bonds. The van der Waals surface area contributed by atoms with Crippen LogP contribution >= 0.6 is 0 Å². The molecule has 0 spiro atoms. The molecule has 1 fully saturated rings. The summed E-state index contributed by atoms with van der Waals surface area (Å²) in [5, 5.41) is 14.3. The molecule has 0 atom stereocenters. The molecule has 0 unspecified atom stereocenters. The molecule has 0 bridgehead atoms. The summed E-state index contributed by atoms with van der Waals surface area (Å²) in [6.07, 6.45) is 6.55. The van der Waals surface area contributed by atoms with Gasteiger partial charge in [0.15, 0.2) is 0 Å². The van der Waals surface area contributed by atoms with Gasteiger partial charge >= 0.3 is 0 Å². The summed E-state index contributed by atoms with van der Waals surface area (Å²) in [4.78, 5) is 23.9. The minimum Gasteiger partial charge on any atom is -0.396 e. The number of benzene rings is 1. The zero-order chi connectivity index (χ0) is 17.4. The van der Waals surface area contributed by atoms with Crippen molar-refractivity contribution >= 4 is 17.5 Å². The molecule has 0 aromatic heterocycles. The SMILES string of the molecule is CC1CCC(=CC(=O)Nc2ccc(C(=O)NCCCO)cc2)CC1. The van der Waals surface area contributed by atoms with Crippen LogP contribution in [-0.2, 0) is 4.79 Å². The topological polar surface area (TPSA) is 78.4 Å². The number of allylic oxidation sites excluding steroid dienone is 1. The third-order valence-electron chi connectivity index (χ3n) is 4.29. The van der Waals surface area contributed by atoms with Crippen molar-refractivity contribution in [3.8, 4) is 0 Å². The fraction of sp³-hybridized carbons (Fsp3) is 0.474. The molecule has 5 heteroatoms. The van der Waals surface area contributed by atoms with Crippen LogP contribution in [0.25, 0.3) is 0 Å². The molecule has 0 saturated heterocycles. The lowest BCUT2D eigenvalue weighted by molar-refractivity contribution is -0.112. The average Bonchev–Trinajstić information content (AvgIpc) is 2.58. The first-order chi connectivity index (χ1) is 11.6. The standard InChI is InChI=1S/C19H26N2O3/c1-14-3-5-15(6-4-14)13-18(23)21-17-9-7-16(8-10-17)19(24)20-11-2-12-22/h7-10,13-14,22H,2-6,11-12H2,1H3,(H,20,24)(H,21,23). The van der Waals surface area contributed by atoms with E-state index in [1.54, 1.807) is 30.3 Å². The second-order valence-electron chi connectivity index (χ2n) is 6.38. The van der Waals surface area contributed by atoms with Gasteiger partial charge in [-0.15, -0.1) is 0 Å². The van der Waals surface area contributed by atoms with Crippen LogP contribution in [0, 0.1) is 5.92 Å². The number of hydrogen-bond donors (Lipinski definition) is 3. The third-order valence-corrected chi connectivity index (χ3v) is 4.29. The molecule has 130 valence electrons. The molecule has 0 radical (unpaired) electrons.